The molecule has 3 aromatic heterocycles. The van der Waals surface area contributed by atoms with Gasteiger partial charge in [0.05, 0.1) is 33.6 Å². The SMILES string of the molecule is Clc1cnc(Nc2nc3ccccc3n3cncc23)c(Cl)c1. The summed E-state index contributed by atoms with van der Waals surface area (Å²) in [4.78, 5) is 13.0. The number of hydrogen-bond donors (Lipinski definition) is 1. The van der Waals surface area contributed by atoms with Crippen LogP contribution in [0.25, 0.3) is 16.6 Å². The maximum atomic E-state index is 6.16. The lowest BCUT2D eigenvalue weighted by molar-refractivity contribution is 1.18. The Kier molecular flexibility index (Phi) is 3.10. The van der Waals surface area contributed by atoms with Crippen LogP contribution in [0.2, 0.25) is 10.0 Å². The summed E-state index contributed by atoms with van der Waals surface area (Å²) in [6.07, 6.45) is 5.03. The number of nitrogens with zero attached hydrogens (tertiary/aromatic N) is 4. The quantitative estimate of drug-likeness (QED) is 0.594. The number of rotatable bonds is 2. The van der Waals surface area contributed by atoms with E-state index >= 15 is 0 Å². The zero-order valence-electron chi connectivity index (χ0n) is 11.2. The summed E-state index contributed by atoms with van der Waals surface area (Å²) in [5.74, 6) is 1.13. The van der Waals surface area contributed by atoms with Crippen molar-refractivity contribution in [1.82, 2.24) is 19.4 Å². The Morgan fingerprint density at radius 1 is 1.00 bits per heavy atom. The fourth-order valence-corrected chi connectivity index (χ4v) is 2.74. The van der Waals surface area contributed by atoms with Crippen molar-refractivity contribution in [2.24, 2.45) is 0 Å². The van der Waals surface area contributed by atoms with Crippen molar-refractivity contribution in [2.75, 3.05) is 5.32 Å². The second kappa shape index (κ2) is 5.12. The molecular formula is C15H9Cl2N5. The molecule has 3 heterocycles. The van der Waals surface area contributed by atoms with Gasteiger partial charge in [-0.3, -0.25) is 4.40 Å². The first kappa shape index (κ1) is 13.3. The third-order valence-corrected chi connectivity index (χ3v) is 3.79. The normalized spacial score (nSPS) is 11.2. The standard InChI is InChI=1S/C15H9Cl2N5/c16-9-5-10(17)14(19-6-9)21-15-13-7-18-8-22(13)12-4-2-1-3-11(12)20-15/h1-8H,(H,19,20,21). The van der Waals surface area contributed by atoms with Crippen molar-refractivity contribution in [3.05, 3.63) is 59.1 Å². The van der Waals surface area contributed by atoms with E-state index in [-0.39, 0.29) is 0 Å². The van der Waals surface area contributed by atoms with Crippen LogP contribution in [-0.4, -0.2) is 19.4 Å². The summed E-state index contributed by atoms with van der Waals surface area (Å²) in [5.41, 5.74) is 2.67. The maximum Gasteiger partial charge on any atom is 0.158 e. The van der Waals surface area contributed by atoms with E-state index in [1.165, 1.54) is 6.20 Å². The molecule has 4 aromatic rings. The lowest BCUT2D eigenvalue weighted by atomic mass is 10.3. The number of para-hydroxylation sites is 2. The van der Waals surface area contributed by atoms with Gasteiger partial charge in [-0.25, -0.2) is 15.0 Å². The number of pyridine rings is 1. The van der Waals surface area contributed by atoms with E-state index in [1.807, 2.05) is 28.7 Å². The topological polar surface area (TPSA) is 55.1 Å². The minimum absolute atomic E-state index is 0.431. The summed E-state index contributed by atoms with van der Waals surface area (Å²) >= 11 is 12.0. The van der Waals surface area contributed by atoms with Gasteiger partial charge in [0.2, 0.25) is 0 Å². The van der Waals surface area contributed by atoms with Gasteiger partial charge < -0.3 is 5.32 Å². The number of aromatic nitrogens is 4. The Morgan fingerprint density at radius 3 is 2.73 bits per heavy atom. The van der Waals surface area contributed by atoms with E-state index in [1.54, 1.807) is 18.6 Å². The number of benzene rings is 1. The highest BCUT2D eigenvalue weighted by atomic mass is 35.5. The molecule has 0 spiro atoms. The number of nitrogens with one attached hydrogen (secondary N) is 1. The molecule has 0 saturated carbocycles. The average Bonchev–Trinajstić information content (AvgIpc) is 3.00. The van der Waals surface area contributed by atoms with Gasteiger partial charge in [0.25, 0.3) is 0 Å². The predicted octanol–water partition coefficient (Wildman–Crippen LogP) is 4.33. The summed E-state index contributed by atoms with van der Waals surface area (Å²) < 4.78 is 1.97. The molecule has 0 saturated heterocycles. The smallest absolute Gasteiger partial charge is 0.158 e. The van der Waals surface area contributed by atoms with Gasteiger partial charge in [-0.05, 0) is 18.2 Å². The number of imidazole rings is 1. The number of anilines is 2. The van der Waals surface area contributed by atoms with Gasteiger partial charge in [0.15, 0.2) is 5.82 Å². The highest BCUT2D eigenvalue weighted by molar-refractivity contribution is 6.36. The summed E-state index contributed by atoms with van der Waals surface area (Å²) in [6, 6.07) is 9.47. The summed E-state index contributed by atoms with van der Waals surface area (Å²) in [5, 5.41) is 4.06. The van der Waals surface area contributed by atoms with Gasteiger partial charge in [-0.15, -0.1) is 0 Å². The van der Waals surface area contributed by atoms with Gasteiger partial charge in [0, 0.05) is 6.20 Å². The van der Waals surface area contributed by atoms with Crippen LogP contribution in [0.5, 0.6) is 0 Å². The molecule has 0 fully saturated rings. The van der Waals surface area contributed by atoms with Crippen molar-refractivity contribution in [2.45, 2.75) is 0 Å². The van der Waals surface area contributed by atoms with E-state index in [0.717, 1.165) is 16.6 Å². The zero-order valence-corrected chi connectivity index (χ0v) is 12.7. The number of halogens is 2. The van der Waals surface area contributed by atoms with E-state index in [0.29, 0.717) is 21.7 Å². The molecular weight excluding hydrogens is 321 g/mol. The van der Waals surface area contributed by atoms with Crippen molar-refractivity contribution in [3.63, 3.8) is 0 Å². The second-order valence-electron chi connectivity index (χ2n) is 4.71. The first-order valence-electron chi connectivity index (χ1n) is 6.51. The van der Waals surface area contributed by atoms with E-state index in [2.05, 4.69) is 20.3 Å². The molecule has 4 rings (SSSR count). The van der Waals surface area contributed by atoms with Gasteiger partial charge in [0.1, 0.15) is 11.3 Å². The largest absolute Gasteiger partial charge is 0.322 e. The monoisotopic (exact) mass is 329 g/mol. The van der Waals surface area contributed by atoms with Gasteiger partial charge in [-0.2, -0.15) is 0 Å². The fraction of sp³-hybridized carbons (Fsp3) is 0. The van der Waals surface area contributed by atoms with E-state index in [9.17, 15) is 0 Å². The van der Waals surface area contributed by atoms with Gasteiger partial charge >= 0.3 is 0 Å². The molecule has 108 valence electrons. The highest BCUT2D eigenvalue weighted by Crippen LogP contribution is 2.28. The molecule has 0 radical (unpaired) electrons. The van der Waals surface area contributed by atoms with Crippen molar-refractivity contribution in [3.8, 4) is 0 Å². The molecule has 22 heavy (non-hydrogen) atoms. The molecule has 0 unspecified atom stereocenters. The van der Waals surface area contributed by atoms with Crippen molar-refractivity contribution >= 4 is 51.4 Å². The predicted molar refractivity (Wildman–Crippen MR) is 88.0 cm³/mol. The molecule has 0 aliphatic heterocycles. The molecule has 0 aliphatic rings. The molecule has 1 aromatic carbocycles. The van der Waals surface area contributed by atoms with Crippen molar-refractivity contribution in [1.29, 1.82) is 0 Å². The second-order valence-corrected chi connectivity index (χ2v) is 5.55. The Hall–Kier alpha value is -2.37. The van der Waals surface area contributed by atoms with Gasteiger partial charge in [-0.1, -0.05) is 35.3 Å². The van der Waals surface area contributed by atoms with Crippen LogP contribution in [0.3, 0.4) is 0 Å². The number of fused-ring (bicyclic) bond motifs is 3. The lowest BCUT2D eigenvalue weighted by Gasteiger charge is -2.10. The molecule has 5 nitrogen and oxygen atoms in total. The highest BCUT2D eigenvalue weighted by Gasteiger charge is 2.11. The van der Waals surface area contributed by atoms with Crippen LogP contribution >= 0.6 is 23.2 Å². The van der Waals surface area contributed by atoms with E-state index < -0.39 is 0 Å². The Bertz CT molecular complexity index is 996. The van der Waals surface area contributed by atoms with Crippen LogP contribution in [0.1, 0.15) is 0 Å². The zero-order chi connectivity index (χ0) is 15.1. The minimum Gasteiger partial charge on any atom is -0.322 e. The molecule has 0 atom stereocenters. The van der Waals surface area contributed by atoms with Crippen LogP contribution in [0.15, 0.2) is 49.1 Å². The molecule has 1 N–H and O–H groups in total. The molecule has 7 heteroatoms. The number of hydrogen-bond acceptors (Lipinski definition) is 4. The maximum absolute atomic E-state index is 6.16. The third-order valence-electron chi connectivity index (χ3n) is 3.30. The Balaban J connectivity index is 1.91. The molecule has 0 aliphatic carbocycles. The van der Waals surface area contributed by atoms with Crippen LogP contribution < -0.4 is 5.32 Å². The van der Waals surface area contributed by atoms with Crippen molar-refractivity contribution < 1.29 is 0 Å². The Morgan fingerprint density at radius 2 is 1.86 bits per heavy atom. The minimum atomic E-state index is 0.431. The lowest BCUT2D eigenvalue weighted by Crippen LogP contribution is -2.01. The summed E-state index contributed by atoms with van der Waals surface area (Å²) in [7, 11) is 0. The van der Waals surface area contributed by atoms with Crippen LogP contribution in [0.4, 0.5) is 11.6 Å². The molecule has 0 bridgehead atoms. The first-order valence-corrected chi connectivity index (χ1v) is 7.27. The van der Waals surface area contributed by atoms with Crippen LogP contribution in [0, 0.1) is 0 Å². The summed E-state index contributed by atoms with van der Waals surface area (Å²) in [6.45, 7) is 0. The fourth-order valence-electron chi connectivity index (χ4n) is 2.31. The van der Waals surface area contributed by atoms with Crippen LogP contribution in [-0.2, 0) is 0 Å². The average molecular weight is 330 g/mol. The Labute approximate surface area is 135 Å². The van der Waals surface area contributed by atoms with E-state index in [4.69, 9.17) is 23.2 Å². The third kappa shape index (κ3) is 2.15. The molecule has 0 amide bonds. The first-order chi connectivity index (χ1) is 10.7.